The molecule has 0 spiro atoms. The van der Waals surface area contributed by atoms with Crippen LogP contribution in [-0.4, -0.2) is 27.7 Å². The van der Waals surface area contributed by atoms with E-state index >= 15 is 0 Å². The summed E-state index contributed by atoms with van der Waals surface area (Å²) in [5.41, 5.74) is 0. The zero-order chi connectivity index (χ0) is 7.44. The quantitative estimate of drug-likeness (QED) is 0.578. The van der Waals surface area contributed by atoms with Crippen LogP contribution in [0.2, 0.25) is 0 Å². The van der Waals surface area contributed by atoms with Crippen molar-refractivity contribution >= 4 is 17.6 Å². The van der Waals surface area contributed by atoms with E-state index < -0.39 is 17.5 Å². The van der Waals surface area contributed by atoms with Gasteiger partial charge in [0.05, 0.1) is 6.10 Å². The number of rotatable bonds is 3. The fourth-order valence-corrected chi connectivity index (χ4v) is 0.550. The number of alkyl halides is 1. The van der Waals surface area contributed by atoms with Gasteiger partial charge < -0.3 is 10.2 Å². The second-order valence-electron chi connectivity index (χ2n) is 1.72. The molecule has 0 aliphatic carbocycles. The molecule has 0 aromatic carbocycles. The van der Waals surface area contributed by atoms with Gasteiger partial charge in [0.2, 0.25) is 0 Å². The van der Waals surface area contributed by atoms with Crippen molar-refractivity contribution in [1.29, 1.82) is 0 Å². The number of aliphatic hydroxyl groups is 1. The highest BCUT2D eigenvalue weighted by atomic mass is 35.5. The van der Waals surface area contributed by atoms with E-state index in [0.717, 1.165) is 0 Å². The van der Waals surface area contributed by atoms with Crippen molar-refractivity contribution in [3.8, 4) is 0 Å². The first-order valence-electron chi connectivity index (χ1n) is 2.64. The number of carboxylic acid groups (broad SMARTS) is 1. The summed E-state index contributed by atoms with van der Waals surface area (Å²) in [5.74, 6) is -1.17. The van der Waals surface area contributed by atoms with Gasteiger partial charge in [0, 0.05) is 0 Å². The number of aliphatic carboxylic acids is 1. The lowest BCUT2D eigenvalue weighted by atomic mass is 10.2. The average Bonchev–Trinajstić information content (AvgIpc) is 1.84. The average molecular weight is 153 g/mol. The lowest BCUT2D eigenvalue weighted by molar-refractivity contribution is -0.138. The van der Waals surface area contributed by atoms with Gasteiger partial charge in [-0.05, 0) is 6.42 Å². The number of carbonyl (C=O) groups is 1. The third-order valence-corrected chi connectivity index (χ3v) is 1.47. The molecular formula is C5H9ClO3. The fourth-order valence-electron chi connectivity index (χ4n) is 0.372. The van der Waals surface area contributed by atoms with Crippen molar-refractivity contribution in [1.82, 2.24) is 0 Å². The summed E-state index contributed by atoms with van der Waals surface area (Å²) in [7, 11) is 0. The lowest BCUT2D eigenvalue weighted by Crippen LogP contribution is -2.27. The standard InChI is InChI=1S/C5H9ClO3/c1-2-3(7)4(6)5(8)9/h3-4,7H,2H2,1H3,(H,8,9)/t3-,4+/m0/s1. The van der Waals surface area contributed by atoms with Crippen LogP contribution < -0.4 is 0 Å². The molecule has 0 aromatic rings. The SMILES string of the molecule is CC[C@H](O)[C@@H](Cl)C(=O)O. The normalized spacial score (nSPS) is 16.8. The maximum Gasteiger partial charge on any atom is 0.324 e. The Morgan fingerprint density at radius 3 is 2.33 bits per heavy atom. The summed E-state index contributed by atoms with van der Waals surface area (Å²) in [6, 6.07) is 0. The van der Waals surface area contributed by atoms with E-state index in [0.29, 0.717) is 6.42 Å². The van der Waals surface area contributed by atoms with E-state index in [1.807, 2.05) is 0 Å². The summed E-state index contributed by atoms with van der Waals surface area (Å²) in [6.07, 6.45) is -0.579. The summed E-state index contributed by atoms with van der Waals surface area (Å²) in [5, 5.41) is 15.8. The molecule has 0 aliphatic heterocycles. The number of aliphatic hydroxyl groups excluding tert-OH is 1. The molecule has 0 bridgehead atoms. The van der Waals surface area contributed by atoms with Crippen molar-refractivity contribution < 1.29 is 15.0 Å². The molecule has 0 unspecified atom stereocenters. The molecule has 0 rings (SSSR count). The number of halogens is 1. The smallest absolute Gasteiger partial charge is 0.324 e. The molecule has 0 amide bonds. The van der Waals surface area contributed by atoms with Gasteiger partial charge in [0.15, 0.2) is 5.38 Å². The van der Waals surface area contributed by atoms with E-state index in [-0.39, 0.29) is 0 Å². The first kappa shape index (κ1) is 8.72. The molecule has 0 saturated heterocycles. The van der Waals surface area contributed by atoms with Gasteiger partial charge in [-0.2, -0.15) is 0 Å². The number of hydrogen-bond donors (Lipinski definition) is 2. The van der Waals surface area contributed by atoms with Crippen LogP contribution in [0.3, 0.4) is 0 Å². The Hall–Kier alpha value is -0.280. The largest absolute Gasteiger partial charge is 0.480 e. The third-order valence-electron chi connectivity index (χ3n) is 0.992. The summed E-state index contributed by atoms with van der Waals surface area (Å²) >= 11 is 5.22. The highest BCUT2D eigenvalue weighted by molar-refractivity contribution is 6.30. The first-order valence-corrected chi connectivity index (χ1v) is 3.08. The molecule has 4 heteroatoms. The highest BCUT2D eigenvalue weighted by Crippen LogP contribution is 2.05. The summed E-state index contributed by atoms with van der Waals surface area (Å²) in [6.45, 7) is 1.67. The first-order chi connectivity index (χ1) is 4.09. The molecule has 2 atom stereocenters. The second-order valence-corrected chi connectivity index (χ2v) is 2.19. The highest BCUT2D eigenvalue weighted by Gasteiger charge is 2.21. The minimum Gasteiger partial charge on any atom is -0.480 e. The molecule has 2 N–H and O–H groups in total. The van der Waals surface area contributed by atoms with E-state index in [4.69, 9.17) is 21.8 Å². The molecular weight excluding hydrogens is 144 g/mol. The van der Waals surface area contributed by atoms with Crippen LogP contribution in [0.5, 0.6) is 0 Å². The zero-order valence-corrected chi connectivity index (χ0v) is 5.80. The van der Waals surface area contributed by atoms with E-state index in [1.165, 1.54) is 0 Å². The Morgan fingerprint density at radius 2 is 2.22 bits per heavy atom. The molecule has 0 heterocycles. The minimum atomic E-state index is -1.17. The molecule has 54 valence electrons. The molecule has 0 fully saturated rings. The van der Waals surface area contributed by atoms with Gasteiger partial charge in [0.1, 0.15) is 0 Å². The van der Waals surface area contributed by atoms with Gasteiger partial charge in [-0.1, -0.05) is 6.92 Å². The van der Waals surface area contributed by atoms with Crippen LogP contribution >= 0.6 is 11.6 Å². The van der Waals surface area contributed by atoms with Gasteiger partial charge >= 0.3 is 5.97 Å². The van der Waals surface area contributed by atoms with E-state index in [9.17, 15) is 4.79 Å². The van der Waals surface area contributed by atoms with Crippen LogP contribution in [-0.2, 0) is 4.79 Å². The zero-order valence-electron chi connectivity index (χ0n) is 5.04. The number of carboxylic acids is 1. The Labute approximate surface area is 58.3 Å². The summed E-state index contributed by atoms with van der Waals surface area (Å²) in [4.78, 5) is 10.0. The molecule has 0 radical (unpaired) electrons. The molecule has 0 aliphatic rings. The van der Waals surface area contributed by atoms with Crippen molar-refractivity contribution in [2.75, 3.05) is 0 Å². The van der Waals surface area contributed by atoms with Crippen LogP contribution in [0.4, 0.5) is 0 Å². The van der Waals surface area contributed by atoms with Crippen LogP contribution in [0.25, 0.3) is 0 Å². The predicted molar refractivity (Wildman–Crippen MR) is 33.6 cm³/mol. The Balaban J connectivity index is 3.72. The van der Waals surface area contributed by atoms with E-state index in [1.54, 1.807) is 6.92 Å². The van der Waals surface area contributed by atoms with Crippen molar-refractivity contribution in [2.45, 2.75) is 24.8 Å². The lowest BCUT2D eigenvalue weighted by Gasteiger charge is -2.08. The topological polar surface area (TPSA) is 57.5 Å². The van der Waals surface area contributed by atoms with E-state index in [2.05, 4.69) is 0 Å². The predicted octanol–water partition coefficient (Wildman–Crippen LogP) is 0.449. The van der Waals surface area contributed by atoms with Gasteiger partial charge in [0.25, 0.3) is 0 Å². The Bertz CT molecular complexity index is 104. The monoisotopic (exact) mass is 152 g/mol. The van der Waals surface area contributed by atoms with Crippen LogP contribution in [0, 0.1) is 0 Å². The molecule has 0 aromatic heterocycles. The van der Waals surface area contributed by atoms with Crippen molar-refractivity contribution in [3.05, 3.63) is 0 Å². The molecule has 3 nitrogen and oxygen atoms in total. The summed E-state index contributed by atoms with van der Waals surface area (Å²) < 4.78 is 0. The van der Waals surface area contributed by atoms with Crippen LogP contribution in [0.15, 0.2) is 0 Å². The Kier molecular flexibility index (Phi) is 3.58. The van der Waals surface area contributed by atoms with Crippen molar-refractivity contribution in [2.24, 2.45) is 0 Å². The maximum absolute atomic E-state index is 10.0. The van der Waals surface area contributed by atoms with Crippen molar-refractivity contribution in [3.63, 3.8) is 0 Å². The molecule has 0 saturated carbocycles. The van der Waals surface area contributed by atoms with Gasteiger partial charge in [-0.3, -0.25) is 4.79 Å². The third kappa shape index (κ3) is 2.67. The fraction of sp³-hybridized carbons (Fsp3) is 0.800. The van der Waals surface area contributed by atoms with Crippen LogP contribution in [0.1, 0.15) is 13.3 Å². The molecule has 9 heavy (non-hydrogen) atoms. The maximum atomic E-state index is 10.0. The minimum absolute atomic E-state index is 0.362. The Morgan fingerprint density at radius 1 is 1.78 bits per heavy atom. The number of hydrogen-bond acceptors (Lipinski definition) is 2. The second kappa shape index (κ2) is 3.69. The van der Waals surface area contributed by atoms with Gasteiger partial charge in [-0.25, -0.2) is 0 Å². The van der Waals surface area contributed by atoms with Gasteiger partial charge in [-0.15, -0.1) is 11.6 Å².